The number of Topliss-reactive ketones (excluding diaryl/α,β-unsaturated/α-hetero) is 1. The van der Waals surface area contributed by atoms with E-state index in [1.807, 2.05) is 43.3 Å². The number of benzene rings is 3. The molecule has 1 unspecified atom stereocenters. The number of rotatable bonds is 5. The molecule has 0 aromatic heterocycles. The first-order valence-corrected chi connectivity index (χ1v) is 8.08. The zero-order valence-electron chi connectivity index (χ0n) is 13.7. The molecule has 0 aliphatic rings. The van der Waals surface area contributed by atoms with Crippen LogP contribution in [-0.2, 0) is 11.2 Å². The Hall–Kier alpha value is -2.65. The maximum absolute atomic E-state index is 12.7. The van der Waals surface area contributed by atoms with Crippen molar-refractivity contribution in [1.82, 2.24) is 0 Å². The van der Waals surface area contributed by atoms with Crippen molar-refractivity contribution >= 4 is 16.6 Å². The zero-order valence-corrected chi connectivity index (χ0v) is 13.7. The smallest absolute Gasteiger partial charge is 0.145 e. The second kappa shape index (κ2) is 6.85. The summed E-state index contributed by atoms with van der Waals surface area (Å²) in [6.07, 6.45) is 0.354. The van der Waals surface area contributed by atoms with Gasteiger partial charge in [0.2, 0.25) is 0 Å². The standard InChI is InChI=1S/C21H21NO2/c1-14-10-18(8-9-20(14)23)19(13-22)21(24)12-15-6-7-16-4-2-3-5-17(16)11-15/h2-11,19,23H,12-13,22H2,1H3. The summed E-state index contributed by atoms with van der Waals surface area (Å²) in [4.78, 5) is 12.7. The van der Waals surface area contributed by atoms with Crippen LogP contribution in [0.4, 0.5) is 0 Å². The van der Waals surface area contributed by atoms with E-state index in [1.54, 1.807) is 12.1 Å². The Kier molecular flexibility index (Phi) is 4.63. The predicted molar refractivity (Wildman–Crippen MR) is 97.3 cm³/mol. The number of fused-ring (bicyclic) bond motifs is 1. The third-order valence-corrected chi connectivity index (χ3v) is 4.44. The molecule has 0 fully saturated rings. The minimum atomic E-state index is -0.351. The van der Waals surface area contributed by atoms with Crippen molar-refractivity contribution in [2.45, 2.75) is 19.3 Å². The number of carbonyl (C=O) groups is 1. The lowest BCUT2D eigenvalue weighted by Crippen LogP contribution is -2.23. The van der Waals surface area contributed by atoms with Gasteiger partial charge in [0.1, 0.15) is 11.5 Å². The van der Waals surface area contributed by atoms with E-state index in [1.165, 1.54) is 5.39 Å². The molecule has 0 aliphatic heterocycles. The van der Waals surface area contributed by atoms with Gasteiger partial charge in [0.25, 0.3) is 0 Å². The summed E-state index contributed by atoms with van der Waals surface area (Å²) in [5, 5.41) is 12.0. The number of aromatic hydroxyl groups is 1. The molecule has 3 N–H and O–H groups in total. The number of ketones is 1. The molecule has 0 radical (unpaired) electrons. The van der Waals surface area contributed by atoms with Crippen molar-refractivity contribution in [1.29, 1.82) is 0 Å². The molecular formula is C21H21NO2. The molecule has 3 rings (SSSR count). The summed E-state index contributed by atoms with van der Waals surface area (Å²) in [5.74, 6) is -0.0230. The van der Waals surface area contributed by atoms with Gasteiger partial charge in [0, 0.05) is 13.0 Å². The number of hydrogen-bond donors (Lipinski definition) is 2. The van der Waals surface area contributed by atoms with Crippen LogP contribution in [0.5, 0.6) is 5.75 Å². The average molecular weight is 319 g/mol. The number of hydrogen-bond acceptors (Lipinski definition) is 3. The maximum atomic E-state index is 12.7. The van der Waals surface area contributed by atoms with Crippen LogP contribution in [0.15, 0.2) is 60.7 Å². The number of carbonyl (C=O) groups excluding carboxylic acids is 1. The quantitative estimate of drug-likeness (QED) is 0.753. The van der Waals surface area contributed by atoms with E-state index in [9.17, 15) is 9.90 Å². The van der Waals surface area contributed by atoms with Crippen LogP contribution in [0, 0.1) is 6.92 Å². The number of nitrogens with two attached hydrogens (primary N) is 1. The molecule has 122 valence electrons. The Balaban J connectivity index is 1.84. The Morgan fingerprint density at radius 3 is 2.50 bits per heavy atom. The van der Waals surface area contributed by atoms with Gasteiger partial charge in [0.05, 0.1) is 5.92 Å². The van der Waals surface area contributed by atoms with Gasteiger partial charge in [-0.05, 0) is 40.5 Å². The molecule has 0 heterocycles. The van der Waals surface area contributed by atoms with Crippen molar-refractivity contribution in [3.05, 3.63) is 77.4 Å². The highest BCUT2D eigenvalue weighted by Crippen LogP contribution is 2.25. The summed E-state index contributed by atoms with van der Waals surface area (Å²) >= 11 is 0. The van der Waals surface area contributed by atoms with Gasteiger partial charge in [-0.2, -0.15) is 0 Å². The van der Waals surface area contributed by atoms with E-state index in [0.29, 0.717) is 6.42 Å². The first kappa shape index (κ1) is 16.2. The second-order valence-electron chi connectivity index (χ2n) is 6.16. The van der Waals surface area contributed by atoms with Crippen molar-refractivity contribution in [2.24, 2.45) is 5.73 Å². The van der Waals surface area contributed by atoms with E-state index in [2.05, 4.69) is 12.1 Å². The molecular weight excluding hydrogens is 298 g/mol. The molecule has 24 heavy (non-hydrogen) atoms. The van der Waals surface area contributed by atoms with Crippen LogP contribution in [0.25, 0.3) is 10.8 Å². The molecule has 3 heteroatoms. The van der Waals surface area contributed by atoms with E-state index < -0.39 is 0 Å². The first-order chi connectivity index (χ1) is 11.6. The molecule has 3 aromatic carbocycles. The van der Waals surface area contributed by atoms with Crippen molar-refractivity contribution in [3.8, 4) is 5.75 Å². The minimum absolute atomic E-state index is 0.0953. The fourth-order valence-electron chi connectivity index (χ4n) is 3.02. The van der Waals surface area contributed by atoms with Crippen LogP contribution in [0.2, 0.25) is 0 Å². The summed E-state index contributed by atoms with van der Waals surface area (Å²) in [6.45, 7) is 2.08. The van der Waals surface area contributed by atoms with E-state index >= 15 is 0 Å². The Morgan fingerprint density at radius 2 is 1.79 bits per heavy atom. The van der Waals surface area contributed by atoms with E-state index in [0.717, 1.165) is 22.1 Å². The maximum Gasteiger partial charge on any atom is 0.145 e. The molecule has 0 saturated heterocycles. The van der Waals surface area contributed by atoms with Gasteiger partial charge in [0.15, 0.2) is 0 Å². The lowest BCUT2D eigenvalue weighted by atomic mass is 9.89. The van der Waals surface area contributed by atoms with Gasteiger partial charge in [-0.3, -0.25) is 4.79 Å². The highest BCUT2D eigenvalue weighted by molar-refractivity contribution is 5.90. The molecule has 0 saturated carbocycles. The highest BCUT2D eigenvalue weighted by Gasteiger charge is 2.20. The summed E-state index contributed by atoms with van der Waals surface area (Å²) in [6, 6.07) is 19.4. The fraction of sp³-hybridized carbons (Fsp3) is 0.190. The van der Waals surface area contributed by atoms with Crippen molar-refractivity contribution in [3.63, 3.8) is 0 Å². The summed E-state index contributed by atoms with van der Waals surface area (Å²) in [5.41, 5.74) is 8.46. The Morgan fingerprint density at radius 1 is 1.04 bits per heavy atom. The summed E-state index contributed by atoms with van der Waals surface area (Å²) in [7, 11) is 0. The molecule has 3 nitrogen and oxygen atoms in total. The summed E-state index contributed by atoms with van der Waals surface area (Å²) < 4.78 is 0. The number of phenols is 1. The van der Waals surface area contributed by atoms with Crippen LogP contribution in [0.1, 0.15) is 22.6 Å². The first-order valence-electron chi connectivity index (χ1n) is 8.08. The molecule has 0 spiro atoms. The second-order valence-corrected chi connectivity index (χ2v) is 6.16. The molecule has 0 amide bonds. The normalized spacial score (nSPS) is 12.2. The zero-order chi connectivity index (χ0) is 17.1. The topological polar surface area (TPSA) is 63.3 Å². The van der Waals surface area contributed by atoms with Crippen molar-refractivity contribution in [2.75, 3.05) is 6.54 Å². The highest BCUT2D eigenvalue weighted by atomic mass is 16.3. The Labute approximate surface area is 141 Å². The van der Waals surface area contributed by atoms with Gasteiger partial charge in [-0.25, -0.2) is 0 Å². The average Bonchev–Trinajstić information content (AvgIpc) is 2.58. The molecule has 0 aliphatic carbocycles. The van der Waals surface area contributed by atoms with Crippen molar-refractivity contribution < 1.29 is 9.90 Å². The van der Waals surface area contributed by atoms with Crippen LogP contribution < -0.4 is 5.73 Å². The SMILES string of the molecule is Cc1cc(C(CN)C(=O)Cc2ccc3ccccc3c2)ccc1O. The fourth-order valence-corrected chi connectivity index (χ4v) is 3.02. The van der Waals surface area contributed by atoms with Crippen LogP contribution in [0.3, 0.4) is 0 Å². The monoisotopic (exact) mass is 319 g/mol. The van der Waals surface area contributed by atoms with Gasteiger partial charge in [-0.15, -0.1) is 0 Å². The van der Waals surface area contributed by atoms with E-state index in [-0.39, 0.29) is 24.0 Å². The van der Waals surface area contributed by atoms with Gasteiger partial charge < -0.3 is 10.8 Å². The molecule has 3 aromatic rings. The van der Waals surface area contributed by atoms with E-state index in [4.69, 9.17) is 5.73 Å². The minimum Gasteiger partial charge on any atom is -0.508 e. The predicted octanol–water partition coefficient (Wildman–Crippen LogP) is 3.71. The van der Waals surface area contributed by atoms with Gasteiger partial charge in [-0.1, -0.05) is 54.6 Å². The number of aryl methyl sites for hydroxylation is 1. The lowest BCUT2D eigenvalue weighted by molar-refractivity contribution is -0.119. The van der Waals surface area contributed by atoms with Crippen LogP contribution in [-0.4, -0.2) is 17.4 Å². The van der Waals surface area contributed by atoms with Crippen LogP contribution >= 0.6 is 0 Å². The largest absolute Gasteiger partial charge is 0.508 e. The Bertz CT molecular complexity index is 886. The molecule has 1 atom stereocenters. The lowest BCUT2D eigenvalue weighted by Gasteiger charge is -2.15. The third kappa shape index (κ3) is 3.31. The number of phenolic OH excluding ortho intramolecular Hbond substituents is 1. The molecule has 0 bridgehead atoms. The third-order valence-electron chi connectivity index (χ3n) is 4.44. The van der Waals surface area contributed by atoms with Gasteiger partial charge >= 0.3 is 0 Å².